The minimum absolute atomic E-state index is 0.553. The minimum atomic E-state index is 0.553. The van der Waals surface area contributed by atoms with Crippen LogP contribution in [0.2, 0.25) is 0 Å². The molecular weight excluding hydrogens is 210 g/mol. The van der Waals surface area contributed by atoms with Gasteiger partial charge in [0.15, 0.2) is 0 Å². The number of hydrogen-bond donors (Lipinski definition) is 1. The highest BCUT2D eigenvalue weighted by Crippen LogP contribution is 2.25. The van der Waals surface area contributed by atoms with Crippen molar-refractivity contribution in [2.45, 2.75) is 77.9 Å². The van der Waals surface area contributed by atoms with E-state index in [-0.39, 0.29) is 0 Å². The van der Waals surface area contributed by atoms with Crippen LogP contribution < -0.4 is 5.32 Å². The third-order valence-corrected chi connectivity index (χ3v) is 3.77. The largest absolute Gasteiger partial charge is 0.378 e. The SMILES string of the molecule is CCCNC(C)CCCOC1CCCC(C)C1. The lowest BCUT2D eigenvalue weighted by Crippen LogP contribution is -2.27. The lowest BCUT2D eigenvalue weighted by molar-refractivity contribution is 0.0132. The van der Waals surface area contributed by atoms with Gasteiger partial charge >= 0.3 is 0 Å². The fraction of sp³-hybridized carbons (Fsp3) is 1.00. The van der Waals surface area contributed by atoms with E-state index in [1.165, 1.54) is 44.9 Å². The third-order valence-electron chi connectivity index (χ3n) is 3.77. The van der Waals surface area contributed by atoms with Crippen molar-refractivity contribution in [3.63, 3.8) is 0 Å². The first-order chi connectivity index (χ1) is 8.22. The van der Waals surface area contributed by atoms with Crippen molar-refractivity contribution in [3.8, 4) is 0 Å². The van der Waals surface area contributed by atoms with E-state index in [1.807, 2.05) is 0 Å². The van der Waals surface area contributed by atoms with Crippen molar-refractivity contribution in [2.24, 2.45) is 5.92 Å². The van der Waals surface area contributed by atoms with Crippen LogP contribution in [0.15, 0.2) is 0 Å². The summed E-state index contributed by atoms with van der Waals surface area (Å²) < 4.78 is 5.98. The van der Waals surface area contributed by atoms with Gasteiger partial charge in [0.2, 0.25) is 0 Å². The van der Waals surface area contributed by atoms with E-state index in [4.69, 9.17) is 4.74 Å². The highest BCUT2D eigenvalue weighted by Gasteiger charge is 2.18. The fourth-order valence-electron chi connectivity index (χ4n) is 2.66. The summed E-state index contributed by atoms with van der Waals surface area (Å²) in [7, 11) is 0. The summed E-state index contributed by atoms with van der Waals surface area (Å²) in [5.74, 6) is 0.874. The maximum atomic E-state index is 5.98. The molecule has 1 saturated carbocycles. The van der Waals surface area contributed by atoms with E-state index >= 15 is 0 Å². The summed E-state index contributed by atoms with van der Waals surface area (Å²) in [6, 6.07) is 0.642. The first-order valence-corrected chi connectivity index (χ1v) is 7.57. The van der Waals surface area contributed by atoms with Gasteiger partial charge < -0.3 is 10.1 Å². The molecule has 1 N–H and O–H groups in total. The Bertz CT molecular complexity index is 184. The zero-order valence-electron chi connectivity index (χ0n) is 12.0. The molecule has 0 aromatic rings. The quantitative estimate of drug-likeness (QED) is 0.653. The molecule has 3 unspecified atom stereocenters. The second kappa shape index (κ2) is 8.93. The van der Waals surface area contributed by atoms with E-state index < -0.39 is 0 Å². The van der Waals surface area contributed by atoms with Gasteiger partial charge in [0.05, 0.1) is 6.10 Å². The Morgan fingerprint density at radius 3 is 2.88 bits per heavy atom. The van der Waals surface area contributed by atoms with Gasteiger partial charge in [-0.1, -0.05) is 26.7 Å². The normalized spacial score (nSPS) is 27.0. The molecule has 17 heavy (non-hydrogen) atoms. The Hall–Kier alpha value is -0.0800. The highest BCUT2D eigenvalue weighted by molar-refractivity contribution is 4.70. The fourth-order valence-corrected chi connectivity index (χ4v) is 2.66. The van der Waals surface area contributed by atoms with Gasteiger partial charge in [0.25, 0.3) is 0 Å². The van der Waals surface area contributed by atoms with Crippen molar-refractivity contribution in [1.29, 1.82) is 0 Å². The molecule has 102 valence electrons. The molecule has 1 fully saturated rings. The van der Waals surface area contributed by atoms with Crippen LogP contribution in [0.25, 0.3) is 0 Å². The van der Waals surface area contributed by atoms with E-state index in [1.54, 1.807) is 0 Å². The minimum Gasteiger partial charge on any atom is -0.378 e. The van der Waals surface area contributed by atoms with E-state index in [0.717, 1.165) is 19.1 Å². The van der Waals surface area contributed by atoms with Crippen LogP contribution in [0.1, 0.15) is 65.7 Å². The Morgan fingerprint density at radius 2 is 2.18 bits per heavy atom. The lowest BCUT2D eigenvalue weighted by Gasteiger charge is -2.27. The Labute approximate surface area is 108 Å². The summed E-state index contributed by atoms with van der Waals surface area (Å²) in [5, 5.41) is 3.52. The Kier molecular flexibility index (Phi) is 7.87. The molecule has 1 aliphatic carbocycles. The number of rotatable bonds is 8. The number of ether oxygens (including phenoxy) is 1. The zero-order chi connectivity index (χ0) is 12.5. The molecule has 0 spiro atoms. The van der Waals surface area contributed by atoms with Crippen LogP contribution in [-0.4, -0.2) is 25.3 Å². The first kappa shape index (κ1) is 15.0. The molecule has 0 heterocycles. The van der Waals surface area contributed by atoms with Gasteiger partial charge in [-0.3, -0.25) is 0 Å². The molecule has 0 aliphatic heterocycles. The molecule has 0 aromatic heterocycles. The van der Waals surface area contributed by atoms with Crippen LogP contribution in [0, 0.1) is 5.92 Å². The second-order valence-corrected chi connectivity index (χ2v) is 5.76. The summed E-state index contributed by atoms with van der Waals surface area (Å²) in [4.78, 5) is 0. The summed E-state index contributed by atoms with van der Waals surface area (Å²) >= 11 is 0. The summed E-state index contributed by atoms with van der Waals surface area (Å²) in [6.07, 6.45) is 9.54. The molecule has 0 radical (unpaired) electrons. The molecule has 2 heteroatoms. The van der Waals surface area contributed by atoms with Gasteiger partial charge in [0, 0.05) is 12.6 Å². The average molecular weight is 241 g/mol. The molecule has 0 aromatic carbocycles. The molecule has 0 amide bonds. The van der Waals surface area contributed by atoms with Gasteiger partial charge in [-0.2, -0.15) is 0 Å². The van der Waals surface area contributed by atoms with Crippen molar-refractivity contribution >= 4 is 0 Å². The zero-order valence-corrected chi connectivity index (χ0v) is 12.0. The third kappa shape index (κ3) is 7.05. The molecular formula is C15H31NO. The molecule has 3 atom stereocenters. The lowest BCUT2D eigenvalue weighted by atomic mass is 9.89. The van der Waals surface area contributed by atoms with Crippen LogP contribution >= 0.6 is 0 Å². The van der Waals surface area contributed by atoms with E-state index in [9.17, 15) is 0 Å². The van der Waals surface area contributed by atoms with Crippen molar-refractivity contribution < 1.29 is 4.74 Å². The van der Waals surface area contributed by atoms with E-state index in [2.05, 4.69) is 26.1 Å². The van der Waals surface area contributed by atoms with Crippen LogP contribution in [0.5, 0.6) is 0 Å². The van der Waals surface area contributed by atoms with Gasteiger partial charge in [-0.25, -0.2) is 0 Å². The van der Waals surface area contributed by atoms with Crippen molar-refractivity contribution in [2.75, 3.05) is 13.2 Å². The molecule has 1 aliphatic rings. The molecule has 0 saturated heterocycles. The Morgan fingerprint density at radius 1 is 1.35 bits per heavy atom. The number of nitrogens with one attached hydrogen (secondary N) is 1. The summed E-state index contributed by atoms with van der Waals surface area (Å²) in [5.41, 5.74) is 0. The van der Waals surface area contributed by atoms with Crippen LogP contribution in [0.4, 0.5) is 0 Å². The van der Waals surface area contributed by atoms with Crippen LogP contribution in [0.3, 0.4) is 0 Å². The second-order valence-electron chi connectivity index (χ2n) is 5.76. The van der Waals surface area contributed by atoms with Gasteiger partial charge in [-0.05, 0) is 51.5 Å². The maximum absolute atomic E-state index is 5.98. The van der Waals surface area contributed by atoms with Crippen LogP contribution in [-0.2, 0) is 4.74 Å². The smallest absolute Gasteiger partial charge is 0.0577 e. The van der Waals surface area contributed by atoms with Crippen molar-refractivity contribution in [1.82, 2.24) is 5.32 Å². The predicted molar refractivity (Wildman–Crippen MR) is 74.4 cm³/mol. The summed E-state index contributed by atoms with van der Waals surface area (Å²) in [6.45, 7) is 8.94. The standard InChI is InChI=1S/C15H31NO/c1-4-10-16-14(3)8-6-11-17-15-9-5-7-13(2)12-15/h13-16H,4-12H2,1-3H3. The predicted octanol–water partition coefficient (Wildman–Crippen LogP) is 3.75. The van der Waals surface area contributed by atoms with Gasteiger partial charge in [0.1, 0.15) is 0 Å². The van der Waals surface area contributed by atoms with E-state index in [0.29, 0.717) is 12.1 Å². The molecule has 2 nitrogen and oxygen atoms in total. The monoisotopic (exact) mass is 241 g/mol. The topological polar surface area (TPSA) is 21.3 Å². The van der Waals surface area contributed by atoms with Gasteiger partial charge in [-0.15, -0.1) is 0 Å². The Balaban J connectivity index is 1.96. The maximum Gasteiger partial charge on any atom is 0.0577 e. The molecule has 0 bridgehead atoms. The highest BCUT2D eigenvalue weighted by atomic mass is 16.5. The van der Waals surface area contributed by atoms with Crippen molar-refractivity contribution in [3.05, 3.63) is 0 Å². The number of hydrogen-bond acceptors (Lipinski definition) is 2. The average Bonchev–Trinajstić information content (AvgIpc) is 2.32. The first-order valence-electron chi connectivity index (χ1n) is 7.57. The molecule has 1 rings (SSSR count).